The zero-order chi connectivity index (χ0) is 23.8. The van der Waals surface area contributed by atoms with Gasteiger partial charge in [0.1, 0.15) is 0 Å². The minimum Gasteiger partial charge on any atom is -0.326 e. The van der Waals surface area contributed by atoms with Crippen molar-refractivity contribution in [3.05, 3.63) is 88.9 Å². The molecular weight excluding hydrogens is 476 g/mol. The van der Waals surface area contributed by atoms with Gasteiger partial charge in [-0.15, -0.1) is 11.8 Å². The fourth-order valence-corrected chi connectivity index (χ4v) is 5.36. The molecule has 1 N–H and O–H groups in total. The highest BCUT2D eigenvalue weighted by Crippen LogP contribution is 2.25. The summed E-state index contributed by atoms with van der Waals surface area (Å²) in [5.41, 5.74) is 3.43. The SMILES string of the molecule is Cc1cc(CSc2ccccc2)ccc1NC(=O)CCCN(c1cccc(Cl)c1)S(C)(=O)=O. The quantitative estimate of drug-likeness (QED) is 0.339. The molecule has 0 unspecified atom stereocenters. The van der Waals surface area contributed by atoms with Crippen LogP contribution in [0.5, 0.6) is 0 Å². The fraction of sp³-hybridized carbons (Fsp3) is 0.240. The number of anilines is 2. The third-order valence-electron chi connectivity index (χ3n) is 4.98. The van der Waals surface area contributed by atoms with Crippen molar-refractivity contribution in [3.63, 3.8) is 0 Å². The average Bonchev–Trinajstić information content (AvgIpc) is 2.77. The molecule has 33 heavy (non-hydrogen) atoms. The van der Waals surface area contributed by atoms with Gasteiger partial charge in [-0.25, -0.2) is 8.42 Å². The number of rotatable bonds is 10. The fourth-order valence-electron chi connectivity index (χ4n) is 3.35. The van der Waals surface area contributed by atoms with Crippen molar-refractivity contribution in [1.29, 1.82) is 0 Å². The van der Waals surface area contributed by atoms with Crippen LogP contribution in [0.4, 0.5) is 11.4 Å². The molecule has 0 bridgehead atoms. The number of hydrogen-bond donors (Lipinski definition) is 1. The zero-order valence-corrected chi connectivity index (χ0v) is 21.0. The van der Waals surface area contributed by atoms with E-state index in [-0.39, 0.29) is 18.9 Å². The number of sulfonamides is 1. The Morgan fingerprint density at radius 3 is 2.45 bits per heavy atom. The molecule has 0 aliphatic heterocycles. The van der Waals surface area contributed by atoms with Gasteiger partial charge in [0.25, 0.3) is 0 Å². The molecule has 0 saturated carbocycles. The summed E-state index contributed by atoms with van der Waals surface area (Å²) in [6, 6.07) is 22.9. The van der Waals surface area contributed by atoms with Gasteiger partial charge in [-0.3, -0.25) is 9.10 Å². The van der Waals surface area contributed by atoms with Crippen molar-refractivity contribution in [2.45, 2.75) is 30.4 Å². The monoisotopic (exact) mass is 502 g/mol. The van der Waals surface area contributed by atoms with Crippen molar-refractivity contribution >= 4 is 50.7 Å². The molecule has 0 fully saturated rings. The van der Waals surface area contributed by atoms with E-state index in [1.807, 2.05) is 37.3 Å². The van der Waals surface area contributed by atoms with E-state index in [0.29, 0.717) is 17.1 Å². The van der Waals surface area contributed by atoms with Crippen LogP contribution < -0.4 is 9.62 Å². The van der Waals surface area contributed by atoms with Crippen LogP contribution in [0.1, 0.15) is 24.0 Å². The summed E-state index contributed by atoms with van der Waals surface area (Å²) < 4.78 is 25.7. The van der Waals surface area contributed by atoms with Crippen LogP contribution in [-0.4, -0.2) is 27.1 Å². The highest BCUT2D eigenvalue weighted by Gasteiger charge is 2.18. The number of aryl methyl sites for hydroxylation is 1. The molecule has 0 aliphatic rings. The summed E-state index contributed by atoms with van der Waals surface area (Å²) in [5.74, 6) is 0.702. The van der Waals surface area contributed by atoms with Crippen LogP contribution in [-0.2, 0) is 20.6 Å². The third kappa shape index (κ3) is 7.81. The molecule has 3 aromatic rings. The molecule has 8 heteroatoms. The third-order valence-corrected chi connectivity index (χ3v) is 7.49. The van der Waals surface area contributed by atoms with Gasteiger partial charge in [0.15, 0.2) is 0 Å². The van der Waals surface area contributed by atoms with Gasteiger partial charge < -0.3 is 5.32 Å². The Labute approximate surface area is 205 Å². The minimum absolute atomic E-state index is 0.149. The summed E-state index contributed by atoms with van der Waals surface area (Å²) in [6.07, 6.45) is 1.74. The Morgan fingerprint density at radius 1 is 1.03 bits per heavy atom. The normalized spacial score (nSPS) is 11.2. The lowest BCUT2D eigenvalue weighted by Gasteiger charge is -2.22. The molecule has 1 amide bonds. The van der Waals surface area contributed by atoms with E-state index in [0.717, 1.165) is 23.3 Å². The van der Waals surface area contributed by atoms with Crippen LogP contribution in [0.3, 0.4) is 0 Å². The number of carbonyl (C=O) groups excluding carboxylic acids is 1. The molecule has 0 spiro atoms. The first kappa shape index (κ1) is 25.1. The molecule has 0 atom stereocenters. The lowest BCUT2D eigenvalue weighted by atomic mass is 10.1. The first-order chi connectivity index (χ1) is 15.7. The van der Waals surface area contributed by atoms with Crippen molar-refractivity contribution in [1.82, 2.24) is 0 Å². The van der Waals surface area contributed by atoms with E-state index in [1.165, 1.54) is 14.8 Å². The van der Waals surface area contributed by atoms with Crippen LogP contribution in [0, 0.1) is 6.92 Å². The van der Waals surface area contributed by atoms with Gasteiger partial charge in [0.05, 0.1) is 11.9 Å². The Bertz CT molecular complexity index is 1200. The number of benzene rings is 3. The van der Waals surface area contributed by atoms with Gasteiger partial charge in [0, 0.05) is 34.3 Å². The molecule has 3 aromatic carbocycles. The van der Waals surface area contributed by atoms with Gasteiger partial charge >= 0.3 is 0 Å². The number of halogens is 1. The van der Waals surface area contributed by atoms with Gasteiger partial charge in [-0.1, -0.05) is 48.0 Å². The number of thioether (sulfide) groups is 1. The highest BCUT2D eigenvalue weighted by molar-refractivity contribution is 7.98. The summed E-state index contributed by atoms with van der Waals surface area (Å²) in [4.78, 5) is 13.7. The van der Waals surface area contributed by atoms with Crippen LogP contribution >= 0.6 is 23.4 Å². The summed E-state index contributed by atoms with van der Waals surface area (Å²) in [5, 5.41) is 3.40. The number of hydrogen-bond acceptors (Lipinski definition) is 4. The first-order valence-electron chi connectivity index (χ1n) is 10.5. The Morgan fingerprint density at radius 2 is 1.79 bits per heavy atom. The molecule has 0 aromatic heterocycles. The maximum absolute atomic E-state index is 12.5. The number of carbonyl (C=O) groups is 1. The Kier molecular flexibility index (Phi) is 8.83. The highest BCUT2D eigenvalue weighted by atomic mass is 35.5. The largest absolute Gasteiger partial charge is 0.326 e. The van der Waals surface area contributed by atoms with E-state index >= 15 is 0 Å². The summed E-state index contributed by atoms with van der Waals surface area (Å²) in [7, 11) is -3.49. The van der Waals surface area contributed by atoms with E-state index in [4.69, 9.17) is 11.6 Å². The van der Waals surface area contributed by atoms with E-state index in [2.05, 4.69) is 23.5 Å². The van der Waals surface area contributed by atoms with Crippen molar-refractivity contribution in [2.75, 3.05) is 22.4 Å². The summed E-state index contributed by atoms with van der Waals surface area (Å²) in [6.45, 7) is 2.16. The maximum Gasteiger partial charge on any atom is 0.232 e. The number of nitrogens with zero attached hydrogens (tertiary/aromatic N) is 1. The molecule has 0 aliphatic carbocycles. The maximum atomic E-state index is 12.5. The minimum atomic E-state index is -3.49. The number of nitrogens with one attached hydrogen (secondary N) is 1. The molecular formula is C25H27ClN2O3S2. The number of amides is 1. The molecule has 0 radical (unpaired) electrons. The second-order valence-electron chi connectivity index (χ2n) is 7.72. The lowest BCUT2D eigenvalue weighted by molar-refractivity contribution is -0.116. The molecule has 0 saturated heterocycles. The second kappa shape index (κ2) is 11.6. The Hall–Kier alpha value is -2.48. The molecule has 3 rings (SSSR count). The standard InChI is InChI=1S/C25H27ClN2O3S2/c1-19-16-20(18-32-23-10-4-3-5-11-23)13-14-24(19)27-25(29)12-7-15-28(33(2,30)31)22-9-6-8-21(26)17-22/h3-6,8-11,13-14,16-17H,7,12,15,18H2,1-2H3,(H,27,29). The van der Waals surface area contributed by atoms with E-state index in [9.17, 15) is 13.2 Å². The molecule has 5 nitrogen and oxygen atoms in total. The second-order valence-corrected chi connectivity index (χ2v) is 11.1. The molecule has 174 valence electrons. The average molecular weight is 503 g/mol. The van der Waals surface area contributed by atoms with Crippen LogP contribution in [0.25, 0.3) is 0 Å². The van der Waals surface area contributed by atoms with Gasteiger partial charge in [-0.2, -0.15) is 0 Å². The summed E-state index contributed by atoms with van der Waals surface area (Å²) >= 11 is 7.77. The van der Waals surface area contributed by atoms with E-state index in [1.54, 1.807) is 36.0 Å². The van der Waals surface area contributed by atoms with Crippen molar-refractivity contribution in [2.24, 2.45) is 0 Å². The van der Waals surface area contributed by atoms with Crippen LogP contribution in [0.2, 0.25) is 5.02 Å². The van der Waals surface area contributed by atoms with E-state index < -0.39 is 10.0 Å². The van der Waals surface area contributed by atoms with Crippen LogP contribution in [0.15, 0.2) is 77.7 Å². The van der Waals surface area contributed by atoms with Gasteiger partial charge in [-0.05, 0) is 60.9 Å². The topological polar surface area (TPSA) is 66.5 Å². The predicted molar refractivity (Wildman–Crippen MR) is 139 cm³/mol. The van der Waals surface area contributed by atoms with Crippen molar-refractivity contribution < 1.29 is 13.2 Å². The lowest BCUT2D eigenvalue weighted by Crippen LogP contribution is -2.31. The zero-order valence-electron chi connectivity index (χ0n) is 18.6. The predicted octanol–water partition coefficient (Wildman–Crippen LogP) is 6.13. The Balaban J connectivity index is 1.53. The first-order valence-corrected chi connectivity index (χ1v) is 13.7. The van der Waals surface area contributed by atoms with Gasteiger partial charge in [0.2, 0.25) is 15.9 Å². The smallest absolute Gasteiger partial charge is 0.232 e. The molecule has 0 heterocycles. The van der Waals surface area contributed by atoms with Crippen molar-refractivity contribution in [3.8, 4) is 0 Å².